The third kappa shape index (κ3) is 15.9. The van der Waals surface area contributed by atoms with E-state index in [-0.39, 0.29) is 55.2 Å². The fourth-order valence-corrected chi connectivity index (χ4v) is 4.24. The van der Waals surface area contributed by atoms with Crippen molar-refractivity contribution in [3.63, 3.8) is 0 Å². The zero-order chi connectivity index (χ0) is 23.0. The molecule has 1 unspecified atom stereocenters. The van der Waals surface area contributed by atoms with Crippen LogP contribution in [0.2, 0.25) is 0 Å². The molecule has 1 aliphatic rings. The van der Waals surface area contributed by atoms with Crippen molar-refractivity contribution in [1.82, 2.24) is 5.32 Å². The minimum absolute atomic E-state index is 0. The molecule has 1 N–H and O–H groups in total. The molecule has 0 aliphatic carbocycles. The van der Waals surface area contributed by atoms with E-state index in [1.54, 1.807) is 0 Å². The molecule has 1 heterocycles. The van der Waals surface area contributed by atoms with Crippen LogP contribution in [0.1, 0.15) is 97.3 Å². The average molecular weight is 488 g/mol. The molecular weight excluding hydrogens is 445 g/mol. The quantitative estimate of drug-likeness (QED) is 0.177. The van der Waals surface area contributed by atoms with Gasteiger partial charge in [0.15, 0.2) is 5.79 Å². The van der Waals surface area contributed by atoms with Crippen molar-refractivity contribution in [3.8, 4) is 0 Å². The van der Waals surface area contributed by atoms with E-state index in [1.807, 2.05) is 0 Å². The summed E-state index contributed by atoms with van der Waals surface area (Å²) in [6.45, 7) is 4.95. The molecule has 0 aromatic heterocycles. The Morgan fingerprint density at radius 3 is 2.09 bits per heavy atom. The Kier molecular flexibility index (Phi) is 18.5. The number of nitrogens with one attached hydrogen (secondary N) is 1. The number of amides is 1. The van der Waals surface area contributed by atoms with E-state index in [9.17, 15) is 17.8 Å². The van der Waals surface area contributed by atoms with Crippen LogP contribution < -0.4 is 34.9 Å². The van der Waals surface area contributed by atoms with Gasteiger partial charge in [0.05, 0.1) is 16.7 Å². The molecular formula is C22H42NNaO7S. The predicted octanol–water partition coefficient (Wildman–Crippen LogP) is 1.48. The molecule has 0 aromatic carbocycles. The van der Waals surface area contributed by atoms with Gasteiger partial charge >= 0.3 is 35.7 Å². The number of rotatable bonds is 18. The van der Waals surface area contributed by atoms with Crippen molar-refractivity contribution >= 4 is 16.2 Å². The van der Waals surface area contributed by atoms with Gasteiger partial charge in [0.1, 0.15) is 12.7 Å². The normalized spacial score (nSPS) is 17.7. The van der Waals surface area contributed by atoms with Crippen molar-refractivity contribution in [2.75, 3.05) is 25.5 Å². The van der Waals surface area contributed by atoms with Crippen LogP contribution in [0, 0.1) is 0 Å². The zero-order valence-electron chi connectivity index (χ0n) is 20.4. The topological polar surface area (TPSA) is 114 Å². The second kappa shape index (κ2) is 18.4. The number of ether oxygens (including phenoxy) is 3. The number of carbonyl (C=O) groups excluding carboxylic acids is 1. The zero-order valence-corrected chi connectivity index (χ0v) is 23.2. The fraction of sp³-hybridized carbons (Fsp3) is 0.955. The minimum atomic E-state index is -4.27. The first-order chi connectivity index (χ1) is 14.8. The van der Waals surface area contributed by atoms with Crippen LogP contribution in [-0.2, 0) is 24.3 Å². The molecule has 1 rings (SSSR count). The van der Waals surface area contributed by atoms with Crippen LogP contribution in [-0.4, -0.2) is 56.5 Å². The van der Waals surface area contributed by atoms with Crippen molar-refractivity contribution in [2.24, 2.45) is 0 Å². The van der Waals surface area contributed by atoms with Gasteiger partial charge in [-0.25, -0.2) is 13.2 Å². The van der Waals surface area contributed by atoms with E-state index in [2.05, 4.69) is 19.2 Å². The van der Waals surface area contributed by atoms with E-state index < -0.39 is 27.8 Å². The summed E-state index contributed by atoms with van der Waals surface area (Å²) in [5.41, 5.74) is 0. The summed E-state index contributed by atoms with van der Waals surface area (Å²) in [4.78, 5) is 11.8. The van der Waals surface area contributed by atoms with Gasteiger partial charge < -0.3 is 24.1 Å². The van der Waals surface area contributed by atoms with Crippen molar-refractivity contribution < 1.29 is 61.5 Å². The molecule has 32 heavy (non-hydrogen) atoms. The molecule has 184 valence electrons. The van der Waals surface area contributed by atoms with Gasteiger partial charge in [-0.3, -0.25) is 0 Å². The standard InChI is InChI=1S/C22H43NO7S.Na/c1-3-5-7-9-11-14-22(15-12-10-8-6-4-2)29-19-20(30-22)18-28-21(24)23-16-13-17-31(25,26)27;/h20H,3-19H2,1-2H3,(H,23,24)(H,25,26,27);/q;+1/p-1. The average Bonchev–Trinajstić information content (AvgIpc) is 3.12. The number of carbonyl (C=O) groups is 1. The monoisotopic (exact) mass is 487 g/mol. The van der Waals surface area contributed by atoms with Crippen LogP contribution in [0.15, 0.2) is 0 Å². The molecule has 1 amide bonds. The van der Waals surface area contributed by atoms with Gasteiger partial charge in [-0.1, -0.05) is 65.2 Å². The molecule has 0 saturated carbocycles. The minimum Gasteiger partial charge on any atom is -0.748 e. The van der Waals surface area contributed by atoms with Gasteiger partial charge in [0, 0.05) is 25.1 Å². The Morgan fingerprint density at radius 2 is 1.56 bits per heavy atom. The Bertz CT molecular complexity index is 575. The Labute approximate surface area is 216 Å². The van der Waals surface area contributed by atoms with Crippen LogP contribution >= 0.6 is 0 Å². The van der Waals surface area contributed by atoms with Gasteiger partial charge in [0.2, 0.25) is 0 Å². The molecule has 8 nitrogen and oxygen atoms in total. The maximum atomic E-state index is 11.8. The molecule has 1 fully saturated rings. The van der Waals surface area contributed by atoms with Gasteiger partial charge in [-0.2, -0.15) is 0 Å². The van der Waals surface area contributed by atoms with E-state index in [1.165, 1.54) is 51.4 Å². The molecule has 10 heteroatoms. The summed E-state index contributed by atoms with van der Waals surface area (Å²) in [7, 11) is -4.27. The summed E-state index contributed by atoms with van der Waals surface area (Å²) >= 11 is 0. The van der Waals surface area contributed by atoms with Crippen molar-refractivity contribution in [2.45, 2.75) is 109 Å². The van der Waals surface area contributed by atoms with Gasteiger partial charge in [-0.05, 0) is 19.3 Å². The summed E-state index contributed by atoms with van der Waals surface area (Å²) in [6.07, 6.45) is 12.6. The molecule has 0 radical (unpaired) electrons. The van der Waals surface area contributed by atoms with Gasteiger partial charge in [0.25, 0.3) is 0 Å². The fourth-order valence-electron chi connectivity index (χ4n) is 3.74. The number of alkyl carbamates (subject to hydrolysis) is 1. The third-order valence-corrected chi connectivity index (χ3v) is 6.27. The van der Waals surface area contributed by atoms with Crippen LogP contribution in [0.4, 0.5) is 4.79 Å². The number of hydrogen-bond acceptors (Lipinski definition) is 7. The second-order valence-electron chi connectivity index (χ2n) is 8.43. The van der Waals surface area contributed by atoms with E-state index in [0.29, 0.717) is 6.61 Å². The summed E-state index contributed by atoms with van der Waals surface area (Å²) in [6, 6.07) is 0. The summed E-state index contributed by atoms with van der Waals surface area (Å²) in [5.74, 6) is -1.09. The SMILES string of the molecule is CCCCCCCC1(CCCCCCC)OCC(COC(=O)NCCCS(=O)(=O)[O-])O1.[Na+]. The van der Waals surface area contributed by atoms with Crippen LogP contribution in [0.5, 0.6) is 0 Å². The Hall–Kier alpha value is 0.1000. The smallest absolute Gasteiger partial charge is 0.748 e. The van der Waals surface area contributed by atoms with Crippen LogP contribution in [0.25, 0.3) is 0 Å². The van der Waals surface area contributed by atoms with E-state index in [0.717, 1.165) is 25.7 Å². The van der Waals surface area contributed by atoms with E-state index >= 15 is 0 Å². The second-order valence-corrected chi connectivity index (χ2v) is 9.95. The maximum Gasteiger partial charge on any atom is 1.00 e. The molecule has 1 aliphatic heterocycles. The largest absolute Gasteiger partial charge is 1.00 e. The first-order valence-corrected chi connectivity index (χ1v) is 13.5. The maximum absolute atomic E-state index is 11.8. The predicted molar refractivity (Wildman–Crippen MR) is 119 cm³/mol. The first kappa shape index (κ1) is 32.1. The third-order valence-electron chi connectivity index (χ3n) is 5.48. The summed E-state index contributed by atoms with van der Waals surface area (Å²) in [5, 5.41) is 2.45. The number of unbranched alkanes of at least 4 members (excludes halogenated alkanes) is 8. The molecule has 0 bridgehead atoms. The van der Waals surface area contributed by atoms with Gasteiger partial charge in [-0.15, -0.1) is 0 Å². The van der Waals surface area contributed by atoms with Crippen molar-refractivity contribution in [3.05, 3.63) is 0 Å². The molecule has 1 atom stereocenters. The number of hydrogen-bond donors (Lipinski definition) is 1. The molecule has 1 saturated heterocycles. The van der Waals surface area contributed by atoms with Crippen molar-refractivity contribution in [1.29, 1.82) is 0 Å². The Morgan fingerprint density at radius 1 is 1.00 bits per heavy atom. The summed E-state index contributed by atoms with van der Waals surface area (Å²) < 4.78 is 49.2. The molecule has 0 aromatic rings. The Balaban J connectivity index is 0.00000961. The van der Waals surface area contributed by atoms with Crippen LogP contribution in [0.3, 0.4) is 0 Å². The molecule has 0 spiro atoms. The first-order valence-electron chi connectivity index (χ1n) is 12.0. The van der Waals surface area contributed by atoms with E-state index in [4.69, 9.17) is 14.2 Å².